The smallest absolute Gasteiger partial charge is 0.309 e. The first-order valence-corrected chi connectivity index (χ1v) is 15.1. The SMILES string of the molecule is CCC(C(C)CCC(=O)OC1(C)CCOC(=O)C1)C1(C)CCC2C(C(O)CC3CC(O)CCC32C)C1C. The lowest BCUT2D eigenvalue weighted by atomic mass is 9.42. The summed E-state index contributed by atoms with van der Waals surface area (Å²) in [7, 11) is 0. The van der Waals surface area contributed by atoms with Gasteiger partial charge in [-0.2, -0.15) is 0 Å². The maximum absolute atomic E-state index is 12.8. The zero-order valence-electron chi connectivity index (χ0n) is 24.1. The van der Waals surface area contributed by atoms with Gasteiger partial charge in [0, 0.05) is 12.8 Å². The van der Waals surface area contributed by atoms with Crippen molar-refractivity contribution in [3.8, 4) is 0 Å². The number of aliphatic hydroxyl groups is 2. The number of fused-ring (bicyclic) bond motifs is 3. The summed E-state index contributed by atoms with van der Waals surface area (Å²) in [5.74, 6) is 1.94. The van der Waals surface area contributed by atoms with Gasteiger partial charge in [-0.1, -0.05) is 41.0 Å². The van der Waals surface area contributed by atoms with Gasteiger partial charge in [-0.05, 0) is 98.2 Å². The molecule has 0 aromatic rings. The topological polar surface area (TPSA) is 93.1 Å². The zero-order valence-corrected chi connectivity index (χ0v) is 24.1. The summed E-state index contributed by atoms with van der Waals surface area (Å²) in [6.45, 7) is 14.0. The van der Waals surface area contributed by atoms with Gasteiger partial charge in [0.1, 0.15) is 5.60 Å². The largest absolute Gasteiger partial charge is 0.465 e. The standard InChI is InChI=1S/C31H52O6/c1-7-23(19(2)8-9-26(34)37-29(4)14-15-36-27(35)18-29)30(5)13-11-24-28(20(30)3)25(33)17-21-16-22(32)10-12-31(21,24)6/h19-25,28,32-33H,7-18H2,1-6H3. The molecule has 0 radical (unpaired) electrons. The van der Waals surface area contributed by atoms with E-state index in [0.29, 0.717) is 55.0 Å². The molecular weight excluding hydrogens is 468 g/mol. The van der Waals surface area contributed by atoms with Crippen LogP contribution in [0.1, 0.15) is 112 Å². The summed E-state index contributed by atoms with van der Waals surface area (Å²) >= 11 is 0. The van der Waals surface area contributed by atoms with E-state index in [9.17, 15) is 19.8 Å². The van der Waals surface area contributed by atoms with E-state index in [1.54, 1.807) is 0 Å². The van der Waals surface area contributed by atoms with E-state index in [4.69, 9.17) is 9.47 Å². The fourth-order valence-corrected chi connectivity index (χ4v) is 9.57. The molecule has 0 aromatic heterocycles. The maximum Gasteiger partial charge on any atom is 0.309 e. The summed E-state index contributed by atoms with van der Waals surface area (Å²) in [5, 5.41) is 21.8. The monoisotopic (exact) mass is 520 g/mol. The molecule has 0 spiro atoms. The first kappa shape index (κ1) is 28.9. The van der Waals surface area contributed by atoms with Gasteiger partial charge in [0.05, 0.1) is 25.2 Å². The second-order valence-corrected chi connectivity index (χ2v) is 14.1. The van der Waals surface area contributed by atoms with Crippen LogP contribution in [-0.2, 0) is 19.1 Å². The van der Waals surface area contributed by atoms with Crippen molar-refractivity contribution in [3.63, 3.8) is 0 Å². The Labute approximate surface area is 224 Å². The van der Waals surface area contributed by atoms with Gasteiger partial charge in [-0.25, -0.2) is 0 Å². The second-order valence-electron chi connectivity index (χ2n) is 14.1. The van der Waals surface area contributed by atoms with Crippen LogP contribution in [0.3, 0.4) is 0 Å². The summed E-state index contributed by atoms with van der Waals surface area (Å²) in [6.07, 6.45) is 8.29. The van der Waals surface area contributed by atoms with Crippen molar-refractivity contribution in [2.24, 2.45) is 46.3 Å². The summed E-state index contributed by atoms with van der Waals surface area (Å²) < 4.78 is 10.8. The molecule has 4 fully saturated rings. The lowest BCUT2D eigenvalue weighted by Crippen LogP contribution is -2.59. The van der Waals surface area contributed by atoms with Crippen LogP contribution in [0, 0.1) is 46.3 Å². The average Bonchev–Trinajstić information content (AvgIpc) is 2.81. The van der Waals surface area contributed by atoms with Crippen LogP contribution in [0.2, 0.25) is 0 Å². The molecule has 1 heterocycles. The number of aliphatic hydroxyl groups excluding tert-OH is 2. The van der Waals surface area contributed by atoms with Gasteiger partial charge in [-0.15, -0.1) is 0 Å². The van der Waals surface area contributed by atoms with Crippen LogP contribution in [0.4, 0.5) is 0 Å². The van der Waals surface area contributed by atoms with E-state index >= 15 is 0 Å². The Hall–Kier alpha value is -1.14. The summed E-state index contributed by atoms with van der Waals surface area (Å²) in [6, 6.07) is 0. The first-order valence-electron chi connectivity index (χ1n) is 15.1. The Balaban J connectivity index is 1.41. The molecule has 1 aliphatic heterocycles. The molecule has 4 rings (SSSR count). The minimum Gasteiger partial charge on any atom is -0.465 e. The van der Waals surface area contributed by atoms with Crippen molar-refractivity contribution in [1.29, 1.82) is 0 Å². The van der Waals surface area contributed by atoms with Crippen LogP contribution in [0.15, 0.2) is 0 Å². The van der Waals surface area contributed by atoms with Crippen molar-refractivity contribution in [2.75, 3.05) is 6.61 Å². The maximum atomic E-state index is 12.8. The molecule has 3 saturated carbocycles. The zero-order chi connectivity index (χ0) is 27.2. The fourth-order valence-electron chi connectivity index (χ4n) is 9.57. The number of cyclic esters (lactones) is 1. The molecule has 1 saturated heterocycles. The quantitative estimate of drug-likeness (QED) is 0.420. The van der Waals surface area contributed by atoms with E-state index in [2.05, 4.69) is 34.6 Å². The van der Waals surface area contributed by atoms with Crippen molar-refractivity contribution in [3.05, 3.63) is 0 Å². The first-order chi connectivity index (χ1) is 17.3. The summed E-state index contributed by atoms with van der Waals surface area (Å²) in [5.41, 5.74) is -0.424. The molecule has 0 aromatic carbocycles. The Bertz CT molecular complexity index is 844. The predicted octanol–water partition coefficient (Wildman–Crippen LogP) is 5.67. The second kappa shape index (κ2) is 10.8. The molecule has 6 heteroatoms. The van der Waals surface area contributed by atoms with Gasteiger partial charge in [0.15, 0.2) is 0 Å². The van der Waals surface area contributed by atoms with Crippen molar-refractivity contribution in [2.45, 2.75) is 130 Å². The van der Waals surface area contributed by atoms with Crippen LogP contribution in [0.5, 0.6) is 0 Å². The van der Waals surface area contributed by atoms with Crippen molar-refractivity contribution >= 4 is 11.9 Å². The fraction of sp³-hybridized carbons (Fsp3) is 0.935. The van der Waals surface area contributed by atoms with Crippen LogP contribution < -0.4 is 0 Å². The van der Waals surface area contributed by atoms with E-state index in [1.165, 1.54) is 0 Å². The van der Waals surface area contributed by atoms with Crippen LogP contribution >= 0.6 is 0 Å². The van der Waals surface area contributed by atoms with E-state index in [0.717, 1.165) is 51.4 Å². The van der Waals surface area contributed by atoms with Gasteiger partial charge in [-0.3, -0.25) is 9.59 Å². The number of hydrogen-bond acceptors (Lipinski definition) is 6. The highest BCUT2D eigenvalue weighted by atomic mass is 16.6. The molecule has 11 unspecified atom stereocenters. The van der Waals surface area contributed by atoms with Gasteiger partial charge in [0.25, 0.3) is 0 Å². The van der Waals surface area contributed by atoms with Gasteiger partial charge >= 0.3 is 11.9 Å². The number of rotatable bonds is 7. The highest BCUT2D eigenvalue weighted by Crippen LogP contribution is 2.65. The highest BCUT2D eigenvalue weighted by Gasteiger charge is 2.60. The number of hydrogen-bond donors (Lipinski definition) is 2. The third-order valence-corrected chi connectivity index (χ3v) is 11.9. The molecule has 0 amide bonds. The molecule has 2 N–H and O–H groups in total. The van der Waals surface area contributed by atoms with Gasteiger partial charge < -0.3 is 19.7 Å². The Morgan fingerprint density at radius 1 is 1.14 bits per heavy atom. The predicted molar refractivity (Wildman–Crippen MR) is 142 cm³/mol. The summed E-state index contributed by atoms with van der Waals surface area (Å²) in [4.78, 5) is 24.4. The number of esters is 2. The number of carbonyl (C=O) groups is 2. The molecule has 37 heavy (non-hydrogen) atoms. The normalized spacial score (nSPS) is 45.7. The van der Waals surface area contributed by atoms with E-state index in [-0.39, 0.29) is 41.4 Å². The average molecular weight is 521 g/mol. The van der Waals surface area contributed by atoms with Crippen LogP contribution in [0.25, 0.3) is 0 Å². The third-order valence-electron chi connectivity index (χ3n) is 11.9. The van der Waals surface area contributed by atoms with Gasteiger partial charge in [0.2, 0.25) is 0 Å². The molecule has 4 aliphatic rings. The Kier molecular flexibility index (Phi) is 8.42. The van der Waals surface area contributed by atoms with Crippen molar-refractivity contribution < 1.29 is 29.3 Å². The Morgan fingerprint density at radius 2 is 1.86 bits per heavy atom. The van der Waals surface area contributed by atoms with Crippen molar-refractivity contribution in [1.82, 2.24) is 0 Å². The molecule has 0 bridgehead atoms. The van der Waals surface area contributed by atoms with E-state index < -0.39 is 5.60 Å². The molecule has 6 nitrogen and oxygen atoms in total. The Morgan fingerprint density at radius 3 is 2.54 bits per heavy atom. The number of carbonyl (C=O) groups excluding carboxylic acids is 2. The van der Waals surface area contributed by atoms with E-state index in [1.807, 2.05) is 6.92 Å². The molecule has 11 atom stereocenters. The molecule has 212 valence electrons. The lowest BCUT2D eigenvalue weighted by molar-refractivity contribution is -0.183. The van der Waals surface area contributed by atoms with Crippen LogP contribution in [-0.4, -0.2) is 46.6 Å². The lowest BCUT2D eigenvalue weighted by Gasteiger charge is -2.63. The molecule has 3 aliphatic carbocycles. The minimum atomic E-state index is -0.751. The third kappa shape index (κ3) is 5.48. The number of ether oxygens (including phenoxy) is 2. The molecular formula is C31H52O6. The highest BCUT2D eigenvalue weighted by molar-refractivity contribution is 5.74. The minimum absolute atomic E-state index is 0.108.